The second-order valence-corrected chi connectivity index (χ2v) is 4.16. The second kappa shape index (κ2) is 7.78. The molecule has 0 radical (unpaired) electrons. The van der Waals surface area contributed by atoms with Gasteiger partial charge in [-0.1, -0.05) is 32.4 Å². The first kappa shape index (κ1) is 13.4. The Morgan fingerprint density at radius 1 is 1.14 bits per heavy atom. The number of allylic oxidation sites excluding steroid dienone is 1. The fourth-order valence-electron chi connectivity index (χ4n) is 1.72. The quantitative estimate of drug-likeness (QED) is 0.533. The molecule has 1 unspecified atom stereocenters. The lowest BCUT2D eigenvalue weighted by Crippen LogP contribution is -2.05. The lowest BCUT2D eigenvalue weighted by atomic mass is 9.90. The monoisotopic (exact) mass is 196 g/mol. The molecular weight excluding hydrogens is 172 g/mol. The van der Waals surface area contributed by atoms with E-state index in [0.29, 0.717) is 11.7 Å². The van der Waals surface area contributed by atoms with Crippen molar-refractivity contribution < 1.29 is 4.79 Å². The first-order valence-corrected chi connectivity index (χ1v) is 5.78. The van der Waals surface area contributed by atoms with Crippen LogP contribution in [-0.2, 0) is 4.79 Å². The molecule has 0 heterocycles. The molecule has 0 aromatic heterocycles. The molecule has 0 saturated carbocycles. The van der Waals surface area contributed by atoms with Crippen molar-refractivity contribution in [3.8, 4) is 0 Å². The summed E-state index contributed by atoms with van der Waals surface area (Å²) in [6, 6.07) is 0. The van der Waals surface area contributed by atoms with Crippen LogP contribution in [0.4, 0.5) is 0 Å². The average molecular weight is 196 g/mol. The molecule has 14 heavy (non-hydrogen) atoms. The molecule has 0 spiro atoms. The standard InChI is InChI=1S/C13H24O/c1-5-7-12(11(3)4)9-10-13(14)8-6-2/h12H,3,5-10H2,1-2,4H3. The van der Waals surface area contributed by atoms with Gasteiger partial charge in [0.2, 0.25) is 0 Å². The van der Waals surface area contributed by atoms with Crippen molar-refractivity contribution in [3.05, 3.63) is 12.2 Å². The maximum Gasteiger partial charge on any atom is 0.132 e. The Labute approximate surface area is 88.6 Å². The SMILES string of the molecule is C=C(C)C(CCC)CCC(=O)CCC. The van der Waals surface area contributed by atoms with Crippen molar-refractivity contribution in [1.82, 2.24) is 0 Å². The zero-order chi connectivity index (χ0) is 11.0. The summed E-state index contributed by atoms with van der Waals surface area (Å²) in [4.78, 5) is 11.3. The Kier molecular flexibility index (Phi) is 7.45. The molecule has 82 valence electrons. The lowest BCUT2D eigenvalue weighted by Gasteiger charge is -2.15. The summed E-state index contributed by atoms with van der Waals surface area (Å²) < 4.78 is 0. The van der Waals surface area contributed by atoms with Crippen molar-refractivity contribution in [3.63, 3.8) is 0 Å². The van der Waals surface area contributed by atoms with Gasteiger partial charge in [-0.15, -0.1) is 0 Å². The highest BCUT2D eigenvalue weighted by Crippen LogP contribution is 2.21. The van der Waals surface area contributed by atoms with E-state index in [0.717, 1.165) is 25.7 Å². The van der Waals surface area contributed by atoms with Gasteiger partial charge in [0.25, 0.3) is 0 Å². The summed E-state index contributed by atoms with van der Waals surface area (Å²) in [5, 5.41) is 0. The van der Waals surface area contributed by atoms with Crippen LogP contribution in [0.3, 0.4) is 0 Å². The molecule has 0 amide bonds. The topological polar surface area (TPSA) is 17.1 Å². The molecule has 1 heteroatoms. The van der Waals surface area contributed by atoms with Gasteiger partial charge in [0.15, 0.2) is 0 Å². The minimum atomic E-state index is 0.412. The zero-order valence-electron chi connectivity index (χ0n) is 9.94. The van der Waals surface area contributed by atoms with E-state index in [4.69, 9.17) is 0 Å². The predicted molar refractivity (Wildman–Crippen MR) is 62.4 cm³/mol. The average Bonchev–Trinajstić information content (AvgIpc) is 2.12. The molecule has 0 aromatic rings. The van der Waals surface area contributed by atoms with Crippen molar-refractivity contribution in [2.45, 2.75) is 59.3 Å². The highest BCUT2D eigenvalue weighted by Gasteiger charge is 2.10. The molecule has 0 aromatic carbocycles. The van der Waals surface area contributed by atoms with Crippen molar-refractivity contribution >= 4 is 5.78 Å². The highest BCUT2D eigenvalue weighted by atomic mass is 16.1. The first-order chi connectivity index (χ1) is 6.61. The van der Waals surface area contributed by atoms with Gasteiger partial charge < -0.3 is 0 Å². The molecule has 1 atom stereocenters. The Hall–Kier alpha value is -0.590. The molecule has 0 fully saturated rings. The Balaban J connectivity index is 3.81. The smallest absolute Gasteiger partial charge is 0.132 e. The number of carbonyl (C=O) groups excluding carboxylic acids is 1. The van der Waals surface area contributed by atoms with E-state index in [1.54, 1.807) is 0 Å². The maximum atomic E-state index is 11.3. The van der Waals surface area contributed by atoms with Gasteiger partial charge in [-0.3, -0.25) is 4.79 Å². The Morgan fingerprint density at radius 3 is 2.21 bits per heavy atom. The highest BCUT2D eigenvalue weighted by molar-refractivity contribution is 5.78. The summed E-state index contributed by atoms with van der Waals surface area (Å²) in [6.07, 6.45) is 5.82. The largest absolute Gasteiger partial charge is 0.300 e. The predicted octanol–water partition coefficient (Wildman–Crippen LogP) is 4.13. The summed E-state index contributed by atoms with van der Waals surface area (Å²) in [6.45, 7) is 10.3. The summed E-state index contributed by atoms with van der Waals surface area (Å²) >= 11 is 0. The van der Waals surface area contributed by atoms with Gasteiger partial charge in [0.05, 0.1) is 0 Å². The van der Waals surface area contributed by atoms with E-state index in [-0.39, 0.29) is 0 Å². The number of rotatable bonds is 8. The van der Waals surface area contributed by atoms with E-state index in [1.165, 1.54) is 18.4 Å². The van der Waals surface area contributed by atoms with Crippen LogP contribution in [-0.4, -0.2) is 5.78 Å². The summed E-state index contributed by atoms with van der Waals surface area (Å²) in [5.41, 5.74) is 1.23. The zero-order valence-corrected chi connectivity index (χ0v) is 9.94. The third-order valence-electron chi connectivity index (χ3n) is 2.63. The van der Waals surface area contributed by atoms with Crippen molar-refractivity contribution in [1.29, 1.82) is 0 Å². The fourth-order valence-corrected chi connectivity index (χ4v) is 1.72. The summed E-state index contributed by atoms with van der Waals surface area (Å²) in [7, 11) is 0. The Bertz CT molecular complexity index is 182. The van der Waals surface area contributed by atoms with E-state index >= 15 is 0 Å². The number of hydrogen-bond acceptors (Lipinski definition) is 1. The van der Waals surface area contributed by atoms with Gasteiger partial charge in [0.1, 0.15) is 5.78 Å². The van der Waals surface area contributed by atoms with Gasteiger partial charge in [-0.2, -0.15) is 0 Å². The van der Waals surface area contributed by atoms with Crippen LogP contribution in [0, 0.1) is 5.92 Å². The number of ketones is 1. The minimum absolute atomic E-state index is 0.412. The molecule has 0 rings (SSSR count). The molecule has 0 bridgehead atoms. The molecule has 0 N–H and O–H groups in total. The number of Topliss-reactive ketones (excluding diaryl/α,β-unsaturated/α-hetero) is 1. The Morgan fingerprint density at radius 2 is 1.79 bits per heavy atom. The maximum absolute atomic E-state index is 11.3. The molecule has 0 aliphatic heterocycles. The minimum Gasteiger partial charge on any atom is -0.300 e. The van der Waals surface area contributed by atoms with Crippen molar-refractivity contribution in [2.24, 2.45) is 5.92 Å². The van der Waals surface area contributed by atoms with Gasteiger partial charge in [-0.05, 0) is 32.1 Å². The van der Waals surface area contributed by atoms with Crippen LogP contribution >= 0.6 is 0 Å². The summed E-state index contributed by atoms with van der Waals surface area (Å²) in [5.74, 6) is 0.968. The first-order valence-electron chi connectivity index (χ1n) is 5.78. The molecule has 1 nitrogen and oxygen atoms in total. The van der Waals surface area contributed by atoms with Crippen LogP contribution in [0.25, 0.3) is 0 Å². The van der Waals surface area contributed by atoms with Gasteiger partial charge in [-0.25, -0.2) is 0 Å². The van der Waals surface area contributed by atoms with E-state index < -0.39 is 0 Å². The van der Waals surface area contributed by atoms with Crippen molar-refractivity contribution in [2.75, 3.05) is 0 Å². The second-order valence-electron chi connectivity index (χ2n) is 4.16. The lowest BCUT2D eigenvalue weighted by molar-refractivity contribution is -0.119. The third-order valence-corrected chi connectivity index (χ3v) is 2.63. The van der Waals surface area contributed by atoms with E-state index in [2.05, 4.69) is 27.4 Å². The van der Waals surface area contributed by atoms with Crippen LogP contribution in [0.5, 0.6) is 0 Å². The molecule has 0 saturated heterocycles. The fraction of sp³-hybridized carbons (Fsp3) is 0.769. The number of hydrogen-bond donors (Lipinski definition) is 0. The van der Waals surface area contributed by atoms with Crippen LogP contribution in [0.15, 0.2) is 12.2 Å². The van der Waals surface area contributed by atoms with E-state index in [9.17, 15) is 4.79 Å². The molecular formula is C13H24O. The molecule has 0 aliphatic carbocycles. The number of carbonyl (C=O) groups is 1. The normalized spacial score (nSPS) is 12.5. The van der Waals surface area contributed by atoms with E-state index in [1.807, 2.05) is 0 Å². The molecule has 0 aliphatic rings. The van der Waals surface area contributed by atoms with Gasteiger partial charge >= 0.3 is 0 Å². The van der Waals surface area contributed by atoms with Crippen LogP contribution in [0.1, 0.15) is 59.3 Å². The third kappa shape index (κ3) is 5.95. The van der Waals surface area contributed by atoms with Crippen LogP contribution in [0.2, 0.25) is 0 Å². The van der Waals surface area contributed by atoms with Gasteiger partial charge in [0, 0.05) is 12.8 Å². The van der Waals surface area contributed by atoms with Crippen LogP contribution < -0.4 is 0 Å².